The number of fused-ring (bicyclic) bond motifs is 1. The summed E-state index contributed by atoms with van der Waals surface area (Å²) in [6.45, 7) is 0.397. The van der Waals surface area contributed by atoms with E-state index < -0.39 is 27.0 Å². The molecule has 144 valence electrons. The molecular weight excluding hydrogens is 459 g/mol. The van der Waals surface area contributed by atoms with Crippen LogP contribution in [-0.2, 0) is 22.1 Å². The Morgan fingerprint density at radius 2 is 1.44 bits per heavy atom. The van der Waals surface area contributed by atoms with Gasteiger partial charge in [0.2, 0.25) is 0 Å². The van der Waals surface area contributed by atoms with Crippen LogP contribution in [-0.4, -0.2) is 43.3 Å². The summed E-state index contributed by atoms with van der Waals surface area (Å²) in [5.41, 5.74) is 1.19. The van der Waals surface area contributed by atoms with Gasteiger partial charge in [-0.05, 0) is 0 Å². The molecule has 0 spiro atoms. The van der Waals surface area contributed by atoms with Gasteiger partial charge in [0.25, 0.3) is 0 Å². The van der Waals surface area contributed by atoms with Gasteiger partial charge in [-0.3, -0.25) is 0 Å². The minimum atomic E-state index is -4.95. The first-order valence-electron chi connectivity index (χ1n) is 7.83. The third-order valence-corrected chi connectivity index (χ3v) is 10.1. The summed E-state index contributed by atoms with van der Waals surface area (Å²) < 4.78 is 25.5. The Balaban J connectivity index is 1.81. The molecule has 1 heterocycles. The summed E-state index contributed by atoms with van der Waals surface area (Å²) in [7, 11) is -9.91. The number of rotatable bonds is 6. The van der Waals surface area contributed by atoms with Crippen LogP contribution in [0.4, 0.5) is 0 Å². The molecule has 0 saturated carbocycles. The van der Waals surface area contributed by atoms with Crippen molar-refractivity contribution in [2.75, 3.05) is 0 Å². The fraction of sp³-hybridized carbons (Fsp3) is 0.188. The van der Waals surface area contributed by atoms with E-state index in [0.717, 1.165) is 9.82 Å². The quantitative estimate of drug-likeness (QED) is 0.311. The van der Waals surface area contributed by atoms with Gasteiger partial charge in [-0.15, -0.1) is 0 Å². The van der Waals surface area contributed by atoms with Crippen LogP contribution in [0.1, 0.15) is 11.1 Å². The van der Waals surface area contributed by atoms with Crippen molar-refractivity contribution >= 4 is 39.6 Å². The van der Waals surface area contributed by atoms with Gasteiger partial charge >= 0.3 is 160 Å². The van der Waals surface area contributed by atoms with Crippen LogP contribution in [0, 0.1) is 0 Å². The van der Waals surface area contributed by atoms with E-state index in [0.29, 0.717) is 17.5 Å². The van der Waals surface area contributed by atoms with Crippen LogP contribution in [0.15, 0.2) is 53.3 Å². The summed E-state index contributed by atoms with van der Waals surface area (Å²) in [6.07, 6.45) is -0.438. The average Bonchev–Trinajstić information content (AvgIpc) is 2.88. The molecule has 3 aromatic rings. The summed E-state index contributed by atoms with van der Waals surface area (Å²) in [5.74, 6) is 0. The molecule has 0 unspecified atom stereocenters. The molecule has 0 aliphatic rings. The normalized spacial score (nSPS) is 12.8. The van der Waals surface area contributed by atoms with E-state index in [4.69, 9.17) is 0 Å². The van der Waals surface area contributed by atoms with Crippen LogP contribution in [0.3, 0.4) is 0 Å². The molecule has 1 aromatic heterocycles. The second kappa shape index (κ2) is 7.63. The number of aromatic nitrogens is 1. The van der Waals surface area contributed by atoms with E-state index in [2.05, 4.69) is 0 Å². The van der Waals surface area contributed by atoms with Gasteiger partial charge in [-0.25, -0.2) is 0 Å². The van der Waals surface area contributed by atoms with Crippen LogP contribution in [0.2, 0.25) is 0 Å². The zero-order valence-electron chi connectivity index (χ0n) is 13.9. The Morgan fingerprint density at radius 3 is 2.00 bits per heavy atom. The van der Waals surface area contributed by atoms with Crippen molar-refractivity contribution in [2.45, 2.75) is 18.4 Å². The van der Waals surface area contributed by atoms with Gasteiger partial charge in [0.1, 0.15) is 0 Å². The van der Waals surface area contributed by atoms with Gasteiger partial charge < -0.3 is 0 Å². The predicted molar refractivity (Wildman–Crippen MR) is 102 cm³/mol. The van der Waals surface area contributed by atoms with Crippen LogP contribution < -0.4 is 5.56 Å². The molecule has 4 N–H and O–H groups in total. The monoisotopic (exact) mass is 477 g/mol. The molecule has 27 heavy (non-hydrogen) atoms. The summed E-state index contributed by atoms with van der Waals surface area (Å²) in [6, 6.07) is 14.0. The van der Waals surface area contributed by atoms with E-state index in [1.807, 2.05) is 18.2 Å². The maximum absolute atomic E-state index is 12.4. The number of hydrogen-bond donors (Lipinski definition) is 4. The molecule has 0 saturated heterocycles. The predicted octanol–water partition coefficient (Wildman–Crippen LogP) is 1.33. The topological polar surface area (TPSA) is 137 Å². The minimum absolute atomic E-state index is 0.0299. The zero-order chi connectivity index (χ0) is 19.8. The molecule has 0 aliphatic carbocycles. The van der Waals surface area contributed by atoms with E-state index in [1.165, 1.54) is 0 Å². The molecule has 0 amide bonds. The maximum atomic E-state index is 12.4. The molecule has 0 atom stereocenters. The second-order valence-electron chi connectivity index (χ2n) is 6.11. The Hall–Kier alpha value is -1.27. The Labute approximate surface area is 160 Å². The SMILES string of the molecule is O=c1c2ccccc2[se]n1Cc1ccc(CC(P(=O)(O)O)P(=O)(O)O)cc1. The summed E-state index contributed by atoms with van der Waals surface area (Å²) in [5, 5.41) is -1.35. The number of benzene rings is 2. The van der Waals surface area contributed by atoms with E-state index in [9.17, 15) is 33.5 Å². The first-order chi connectivity index (χ1) is 12.6. The third kappa shape index (κ3) is 4.77. The third-order valence-electron chi connectivity index (χ3n) is 4.10. The fourth-order valence-corrected chi connectivity index (χ4v) is 7.33. The first kappa shape index (κ1) is 20.5. The van der Waals surface area contributed by atoms with Gasteiger partial charge in [0.05, 0.1) is 0 Å². The van der Waals surface area contributed by atoms with Crippen LogP contribution >= 0.6 is 15.2 Å². The first-order valence-corrected chi connectivity index (χ1v) is 12.8. The molecule has 0 fully saturated rings. The van der Waals surface area contributed by atoms with Crippen molar-refractivity contribution in [3.63, 3.8) is 0 Å². The number of nitrogens with zero attached hydrogens (tertiary/aromatic N) is 1. The van der Waals surface area contributed by atoms with Crippen molar-refractivity contribution in [1.82, 2.24) is 3.56 Å². The molecule has 3 rings (SSSR count). The van der Waals surface area contributed by atoms with Gasteiger partial charge in [0, 0.05) is 0 Å². The van der Waals surface area contributed by atoms with Gasteiger partial charge in [-0.2, -0.15) is 0 Å². The van der Waals surface area contributed by atoms with E-state index in [1.54, 1.807) is 33.9 Å². The zero-order valence-corrected chi connectivity index (χ0v) is 17.4. The Bertz CT molecular complexity index is 1090. The van der Waals surface area contributed by atoms with Crippen molar-refractivity contribution < 1.29 is 28.7 Å². The average molecular weight is 476 g/mol. The van der Waals surface area contributed by atoms with Crippen molar-refractivity contribution in [2.24, 2.45) is 0 Å². The number of hydrogen-bond acceptors (Lipinski definition) is 3. The summed E-state index contributed by atoms with van der Waals surface area (Å²) in [4.78, 5) is 49.2. The van der Waals surface area contributed by atoms with Gasteiger partial charge in [0.15, 0.2) is 0 Å². The summed E-state index contributed by atoms with van der Waals surface area (Å²) >= 11 is -0.113. The molecule has 2 aromatic carbocycles. The van der Waals surface area contributed by atoms with Crippen molar-refractivity contribution in [3.8, 4) is 0 Å². The molecular formula is C16H17NO7P2Se. The molecule has 11 heteroatoms. The van der Waals surface area contributed by atoms with Crippen LogP contribution in [0.25, 0.3) is 9.65 Å². The molecule has 8 nitrogen and oxygen atoms in total. The van der Waals surface area contributed by atoms with E-state index in [-0.39, 0.29) is 20.3 Å². The van der Waals surface area contributed by atoms with Crippen LogP contribution in [0.5, 0.6) is 0 Å². The molecule has 0 radical (unpaired) electrons. The second-order valence-corrected chi connectivity index (χ2v) is 12.3. The Kier molecular flexibility index (Phi) is 5.78. The Morgan fingerprint density at radius 1 is 0.889 bits per heavy atom. The standard InChI is InChI=1S/C16H17NO7P2Se/c18-16-13-3-1-2-4-14(13)27-17(16)10-12-7-5-11(6-8-12)9-15(25(19,20)21)26(22,23)24/h1-8,15H,9-10H2,(H2,19,20,21)(H2,22,23,24). The van der Waals surface area contributed by atoms with Crippen molar-refractivity contribution in [3.05, 3.63) is 70.0 Å². The fourth-order valence-electron chi connectivity index (χ4n) is 2.71. The molecule has 0 aliphatic heterocycles. The molecule has 0 bridgehead atoms. The van der Waals surface area contributed by atoms with Gasteiger partial charge in [-0.1, -0.05) is 0 Å². The van der Waals surface area contributed by atoms with E-state index >= 15 is 0 Å². The van der Waals surface area contributed by atoms with Crippen molar-refractivity contribution in [1.29, 1.82) is 0 Å².